The fraction of sp³-hybridized carbons (Fsp3) is 0.667. The van der Waals surface area contributed by atoms with Gasteiger partial charge in [0.15, 0.2) is 0 Å². The summed E-state index contributed by atoms with van der Waals surface area (Å²) in [6.07, 6.45) is -0.228. The average molecular weight is 368 g/mol. The van der Waals surface area contributed by atoms with E-state index in [9.17, 15) is 14.3 Å². The number of amides is 1. The first kappa shape index (κ1) is 20.5. The van der Waals surface area contributed by atoms with Crippen molar-refractivity contribution in [3.63, 3.8) is 0 Å². The summed E-state index contributed by atoms with van der Waals surface area (Å²) in [7, 11) is 0. The van der Waals surface area contributed by atoms with Crippen LogP contribution in [0.4, 0.5) is 10.1 Å². The first-order chi connectivity index (χ1) is 12.2. The molecule has 0 bridgehead atoms. The smallest absolute Gasteiger partial charge is 0.252 e. The van der Waals surface area contributed by atoms with Crippen molar-refractivity contribution in [3.8, 4) is 0 Å². The SMILES string of the molecule is CC1COCCN1CCNc1ccnc(C[C@@H](F)C(C)(C)O)c1C(N)=O. The Bertz CT molecular complexity index is 621. The van der Waals surface area contributed by atoms with Crippen LogP contribution < -0.4 is 11.1 Å². The van der Waals surface area contributed by atoms with Crippen molar-refractivity contribution in [1.29, 1.82) is 0 Å². The van der Waals surface area contributed by atoms with E-state index in [1.807, 2.05) is 0 Å². The highest BCUT2D eigenvalue weighted by Crippen LogP contribution is 2.23. The zero-order valence-electron chi connectivity index (χ0n) is 15.7. The van der Waals surface area contributed by atoms with Crippen LogP contribution in [0.1, 0.15) is 36.8 Å². The lowest BCUT2D eigenvalue weighted by molar-refractivity contribution is -0.00307. The molecule has 1 aromatic heterocycles. The number of primary amides is 1. The van der Waals surface area contributed by atoms with Crippen molar-refractivity contribution in [1.82, 2.24) is 9.88 Å². The molecular weight excluding hydrogens is 339 g/mol. The molecule has 1 fully saturated rings. The van der Waals surface area contributed by atoms with Crippen LogP contribution in [0.25, 0.3) is 0 Å². The number of anilines is 1. The molecule has 1 unspecified atom stereocenters. The predicted octanol–water partition coefficient (Wildman–Crippen LogP) is 0.965. The van der Waals surface area contributed by atoms with Crippen LogP contribution in [0.3, 0.4) is 0 Å². The number of hydrogen-bond acceptors (Lipinski definition) is 6. The third kappa shape index (κ3) is 5.36. The molecular formula is C18H29FN4O3. The van der Waals surface area contributed by atoms with E-state index in [4.69, 9.17) is 10.5 Å². The van der Waals surface area contributed by atoms with Crippen LogP contribution in [-0.4, -0.2) is 71.6 Å². The second-order valence-corrected chi connectivity index (χ2v) is 7.26. The van der Waals surface area contributed by atoms with E-state index < -0.39 is 17.7 Å². The number of aliphatic hydroxyl groups is 1. The Balaban J connectivity index is 2.08. The van der Waals surface area contributed by atoms with Gasteiger partial charge >= 0.3 is 0 Å². The van der Waals surface area contributed by atoms with Crippen molar-refractivity contribution in [3.05, 3.63) is 23.5 Å². The molecule has 2 heterocycles. The minimum absolute atomic E-state index is 0.175. The van der Waals surface area contributed by atoms with Crippen molar-refractivity contribution >= 4 is 11.6 Å². The quantitative estimate of drug-likeness (QED) is 0.632. The second kappa shape index (κ2) is 8.75. The number of morpholine rings is 1. The normalized spacial score (nSPS) is 20.0. The lowest BCUT2D eigenvalue weighted by Gasteiger charge is -2.33. The van der Waals surface area contributed by atoms with Crippen LogP contribution in [-0.2, 0) is 11.2 Å². The fourth-order valence-corrected chi connectivity index (χ4v) is 2.93. The molecule has 1 aromatic rings. The number of nitrogens with two attached hydrogens (primary N) is 1. The molecule has 2 rings (SSSR count). The third-order valence-corrected chi connectivity index (χ3v) is 4.63. The number of rotatable bonds is 8. The summed E-state index contributed by atoms with van der Waals surface area (Å²) < 4.78 is 19.6. The van der Waals surface area contributed by atoms with E-state index in [1.165, 1.54) is 20.0 Å². The zero-order valence-corrected chi connectivity index (χ0v) is 15.7. The topological polar surface area (TPSA) is 101 Å². The van der Waals surface area contributed by atoms with Gasteiger partial charge in [-0.1, -0.05) is 0 Å². The molecule has 0 aliphatic carbocycles. The number of nitrogens with one attached hydrogen (secondary N) is 1. The van der Waals surface area contributed by atoms with Crippen LogP contribution in [0.5, 0.6) is 0 Å². The summed E-state index contributed by atoms with van der Waals surface area (Å²) in [5.74, 6) is -0.668. The average Bonchev–Trinajstić information content (AvgIpc) is 2.55. The lowest BCUT2D eigenvalue weighted by atomic mass is 9.96. The van der Waals surface area contributed by atoms with E-state index in [0.29, 0.717) is 31.5 Å². The first-order valence-corrected chi connectivity index (χ1v) is 8.90. The van der Waals surface area contributed by atoms with Crippen LogP contribution in [0, 0.1) is 0 Å². The molecule has 0 aromatic carbocycles. The monoisotopic (exact) mass is 368 g/mol. The van der Waals surface area contributed by atoms with Gasteiger partial charge in [0.05, 0.1) is 35.8 Å². The molecule has 1 aliphatic heterocycles. The standard InChI is InChI=1S/C18H29FN4O3/c1-12-11-26-9-8-23(12)7-6-22-13-4-5-21-14(16(13)17(20)24)10-15(19)18(2,3)25/h4-5,12,15,25H,6-11H2,1-3H3,(H2,20,24)(H,21,22)/t12?,15-/m1/s1. The Kier molecular flexibility index (Phi) is 6.91. The van der Waals surface area contributed by atoms with Gasteiger partial charge in [0.2, 0.25) is 0 Å². The van der Waals surface area contributed by atoms with Gasteiger partial charge in [0.1, 0.15) is 6.17 Å². The van der Waals surface area contributed by atoms with Gasteiger partial charge in [-0.25, -0.2) is 4.39 Å². The third-order valence-electron chi connectivity index (χ3n) is 4.63. The maximum absolute atomic E-state index is 14.2. The van der Waals surface area contributed by atoms with Gasteiger partial charge in [-0.15, -0.1) is 0 Å². The van der Waals surface area contributed by atoms with Crippen LogP contribution >= 0.6 is 0 Å². The van der Waals surface area contributed by atoms with E-state index in [1.54, 1.807) is 6.07 Å². The Morgan fingerprint density at radius 1 is 1.62 bits per heavy atom. The predicted molar refractivity (Wildman–Crippen MR) is 98.0 cm³/mol. The van der Waals surface area contributed by atoms with Gasteiger partial charge in [0, 0.05) is 38.3 Å². The van der Waals surface area contributed by atoms with Crippen LogP contribution in [0.15, 0.2) is 12.3 Å². The maximum Gasteiger partial charge on any atom is 0.252 e. The van der Waals surface area contributed by atoms with E-state index in [2.05, 4.69) is 22.1 Å². The molecule has 1 saturated heterocycles. The molecule has 0 saturated carbocycles. The number of pyridine rings is 1. The molecule has 1 aliphatic rings. The summed E-state index contributed by atoms with van der Waals surface area (Å²) >= 11 is 0. The second-order valence-electron chi connectivity index (χ2n) is 7.26. The molecule has 1 amide bonds. The minimum atomic E-state index is -1.56. The summed E-state index contributed by atoms with van der Waals surface area (Å²) in [6, 6.07) is 2.00. The summed E-state index contributed by atoms with van der Waals surface area (Å²) in [5, 5.41) is 13.0. The lowest BCUT2D eigenvalue weighted by Crippen LogP contribution is -2.45. The van der Waals surface area contributed by atoms with Gasteiger partial charge < -0.3 is 20.9 Å². The number of carbonyl (C=O) groups excluding carboxylic acids is 1. The Hall–Kier alpha value is -1.77. The van der Waals surface area contributed by atoms with Gasteiger partial charge in [0.25, 0.3) is 5.91 Å². The zero-order chi connectivity index (χ0) is 19.3. The molecule has 8 heteroatoms. The van der Waals surface area contributed by atoms with Gasteiger partial charge in [-0.3, -0.25) is 14.7 Å². The van der Waals surface area contributed by atoms with Gasteiger partial charge in [-0.05, 0) is 26.8 Å². The number of nitrogens with zero attached hydrogens (tertiary/aromatic N) is 2. The number of halogens is 1. The van der Waals surface area contributed by atoms with E-state index in [0.717, 1.165) is 13.1 Å². The van der Waals surface area contributed by atoms with Crippen molar-refractivity contribution < 1.29 is 19.0 Å². The molecule has 4 N–H and O–H groups in total. The number of hydrogen-bond donors (Lipinski definition) is 3. The number of alkyl halides is 1. The van der Waals surface area contributed by atoms with Gasteiger partial charge in [-0.2, -0.15) is 0 Å². The molecule has 0 radical (unpaired) electrons. The first-order valence-electron chi connectivity index (χ1n) is 8.90. The highest BCUT2D eigenvalue weighted by atomic mass is 19.1. The van der Waals surface area contributed by atoms with Crippen molar-refractivity contribution in [2.75, 3.05) is 38.2 Å². The highest BCUT2D eigenvalue weighted by molar-refractivity contribution is 5.99. The Morgan fingerprint density at radius 3 is 2.96 bits per heavy atom. The minimum Gasteiger partial charge on any atom is -0.387 e. The largest absolute Gasteiger partial charge is 0.387 e. The highest BCUT2D eigenvalue weighted by Gasteiger charge is 2.29. The summed E-state index contributed by atoms with van der Waals surface area (Å²) in [4.78, 5) is 18.3. The maximum atomic E-state index is 14.2. The Labute approximate surface area is 153 Å². The van der Waals surface area contributed by atoms with Crippen molar-refractivity contribution in [2.45, 2.75) is 45.0 Å². The summed E-state index contributed by atoms with van der Waals surface area (Å²) in [6.45, 7) is 8.56. The van der Waals surface area contributed by atoms with Crippen molar-refractivity contribution in [2.24, 2.45) is 5.73 Å². The number of carbonyl (C=O) groups is 1. The molecule has 0 spiro atoms. The molecule has 26 heavy (non-hydrogen) atoms. The number of aromatic nitrogens is 1. The fourth-order valence-electron chi connectivity index (χ4n) is 2.93. The molecule has 7 nitrogen and oxygen atoms in total. The molecule has 146 valence electrons. The molecule has 2 atom stereocenters. The van der Waals surface area contributed by atoms with Crippen LogP contribution in [0.2, 0.25) is 0 Å². The van der Waals surface area contributed by atoms with E-state index in [-0.39, 0.29) is 17.7 Å². The Morgan fingerprint density at radius 2 is 2.35 bits per heavy atom. The number of ether oxygens (including phenoxy) is 1. The van der Waals surface area contributed by atoms with E-state index >= 15 is 0 Å². The summed E-state index contributed by atoms with van der Waals surface area (Å²) in [5.41, 5.74) is 4.94.